The van der Waals surface area contributed by atoms with E-state index < -0.39 is 10.9 Å². The Morgan fingerprint density at radius 1 is 1.32 bits per heavy atom. The number of aromatic carboxylic acids is 1. The lowest BCUT2D eigenvalue weighted by Crippen LogP contribution is -2.02. The normalized spacial score (nSPS) is 10.6. The topological polar surface area (TPSA) is 105 Å². The van der Waals surface area contributed by atoms with Crippen molar-refractivity contribution in [1.82, 2.24) is 0 Å². The number of aryl methyl sites for hydroxylation is 1. The summed E-state index contributed by atoms with van der Waals surface area (Å²) in [5.41, 5.74) is 4.17. The van der Waals surface area contributed by atoms with E-state index in [9.17, 15) is 14.9 Å². The van der Waals surface area contributed by atoms with Gasteiger partial charge in [-0.1, -0.05) is 24.3 Å². The largest absolute Gasteiger partial charge is 0.478 e. The molecular formula is C15H13N3O4. The second-order valence-corrected chi connectivity index (χ2v) is 4.52. The molecule has 0 spiro atoms. The fourth-order valence-corrected chi connectivity index (χ4v) is 1.85. The van der Waals surface area contributed by atoms with Crippen LogP contribution in [-0.4, -0.2) is 22.2 Å². The van der Waals surface area contributed by atoms with Gasteiger partial charge in [-0.25, -0.2) is 4.79 Å². The maximum atomic E-state index is 11.0. The van der Waals surface area contributed by atoms with E-state index in [0.717, 1.165) is 0 Å². The highest BCUT2D eigenvalue weighted by atomic mass is 16.6. The molecule has 2 aromatic rings. The number of carboxylic acids is 1. The van der Waals surface area contributed by atoms with Crippen molar-refractivity contribution < 1.29 is 14.8 Å². The highest BCUT2D eigenvalue weighted by Crippen LogP contribution is 2.18. The standard InChI is InChI=1S/C15H13N3O4/c1-10-6-7-11(8-14(10)18(21)22)9-16-17-13-5-3-2-4-12(13)15(19)20/h2-9,17H,1H3,(H,19,20). The Bertz CT molecular complexity index is 756. The van der Waals surface area contributed by atoms with Gasteiger partial charge in [-0.15, -0.1) is 0 Å². The number of nitrogens with zero attached hydrogens (tertiary/aromatic N) is 2. The monoisotopic (exact) mass is 299 g/mol. The van der Waals surface area contributed by atoms with Gasteiger partial charge in [0.15, 0.2) is 0 Å². The van der Waals surface area contributed by atoms with Crippen molar-refractivity contribution in [2.75, 3.05) is 5.43 Å². The average molecular weight is 299 g/mol. The molecule has 0 aliphatic heterocycles. The minimum absolute atomic E-state index is 0.00915. The molecule has 0 saturated carbocycles. The summed E-state index contributed by atoms with van der Waals surface area (Å²) in [7, 11) is 0. The molecule has 0 radical (unpaired) electrons. The molecular weight excluding hydrogens is 286 g/mol. The molecule has 0 atom stereocenters. The van der Waals surface area contributed by atoms with Gasteiger partial charge in [-0.3, -0.25) is 15.5 Å². The number of hydrogen-bond donors (Lipinski definition) is 2. The van der Waals surface area contributed by atoms with Crippen molar-refractivity contribution in [3.63, 3.8) is 0 Å². The number of nitro groups is 1. The van der Waals surface area contributed by atoms with Crippen LogP contribution in [-0.2, 0) is 0 Å². The van der Waals surface area contributed by atoms with E-state index in [2.05, 4.69) is 10.5 Å². The van der Waals surface area contributed by atoms with Crippen molar-refractivity contribution >= 4 is 23.6 Å². The van der Waals surface area contributed by atoms with Gasteiger partial charge in [-0.05, 0) is 19.1 Å². The second-order valence-electron chi connectivity index (χ2n) is 4.52. The van der Waals surface area contributed by atoms with Crippen molar-refractivity contribution in [3.8, 4) is 0 Å². The first-order valence-corrected chi connectivity index (χ1v) is 6.35. The van der Waals surface area contributed by atoms with Crippen LogP contribution in [0, 0.1) is 17.0 Å². The van der Waals surface area contributed by atoms with Gasteiger partial charge in [0.1, 0.15) is 0 Å². The molecule has 7 heteroatoms. The summed E-state index contributed by atoms with van der Waals surface area (Å²) in [6.07, 6.45) is 1.39. The van der Waals surface area contributed by atoms with E-state index in [-0.39, 0.29) is 11.3 Å². The van der Waals surface area contributed by atoms with Crippen LogP contribution in [0.1, 0.15) is 21.5 Å². The van der Waals surface area contributed by atoms with Crippen LogP contribution in [0.25, 0.3) is 0 Å². The maximum absolute atomic E-state index is 11.0. The fourth-order valence-electron chi connectivity index (χ4n) is 1.85. The predicted octanol–water partition coefficient (Wildman–Crippen LogP) is 3.05. The Hall–Kier alpha value is -3.22. The summed E-state index contributed by atoms with van der Waals surface area (Å²) in [6.45, 7) is 1.65. The van der Waals surface area contributed by atoms with Crippen LogP contribution in [0.4, 0.5) is 11.4 Å². The predicted molar refractivity (Wildman–Crippen MR) is 82.5 cm³/mol. The van der Waals surface area contributed by atoms with Gasteiger partial charge < -0.3 is 5.11 Å². The zero-order valence-electron chi connectivity index (χ0n) is 11.7. The minimum Gasteiger partial charge on any atom is -0.478 e. The quantitative estimate of drug-likeness (QED) is 0.501. The fraction of sp³-hybridized carbons (Fsp3) is 0.0667. The van der Waals surface area contributed by atoms with Crippen LogP contribution in [0.3, 0.4) is 0 Å². The number of benzene rings is 2. The lowest BCUT2D eigenvalue weighted by molar-refractivity contribution is -0.385. The first-order chi connectivity index (χ1) is 10.5. The number of carboxylic acid groups (broad SMARTS) is 1. The number of para-hydroxylation sites is 1. The number of anilines is 1. The molecule has 112 valence electrons. The van der Waals surface area contributed by atoms with E-state index in [1.165, 1.54) is 18.3 Å². The Labute approximate surface area is 126 Å². The highest BCUT2D eigenvalue weighted by Gasteiger charge is 2.10. The third-order valence-corrected chi connectivity index (χ3v) is 2.99. The van der Waals surface area contributed by atoms with Gasteiger partial charge in [-0.2, -0.15) is 5.10 Å². The van der Waals surface area contributed by atoms with E-state index in [1.807, 2.05) is 0 Å². The van der Waals surface area contributed by atoms with Crippen LogP contribution in [0.15, 0.2) is 47.6 Å². The van der Waals surface area contributed by atoms with Gasteiger partial charge >= 0.3 is 5.97 Å². The molecule has 0 fully saturated rings. The van der Waals surface area contributed by atoms with Gasteiger partial charge in [0, 0.05) is 17.2 Å². The highest BCUT2D eigenvalue weighted by molar-refractivity contribution is 5.94. The Kier molecular flexibility index (Phi) is 4.47. The Morgan fingerprint density at radius 3 is 2.73 bits per heavy atom. The molecule has 0 aliphatic carbocycles. The van der Waals surface area contributed by atoms with E-state index in [1.54, 1.807) is 37.3 Å². The Morgan fingerprint density at radius 2 is 2.05 bits per heavy atom. The van der Waals surface area contributed by atoms with Crippen molar-refractivity contribution in [1.29, 1.82) is 0 Å². The molecule has 2 N–H and O–H groups in total. The first kappa shape index (κ1) is 15.2. The van der Waals surface area contributed by atoms with Crippen molar-refractivity contribution in [3.05, 3.63) is 69.3 Å². The average Bonchev–Trinajstić information content (AvgIpc) is 2.49. The summed E-state index contributed by atoms with van der Waals surface area (Å²) >= 11 is 0. The molecule has 0 unspecified atom stereocenters. The minimum atomic E-state index is -1.07. The molecule has 22 heavy (non-hydrogen) atoms. The summed E-state index contributed by atoms with van der Waals surface area (Å²) in [5.74, 6) is -1.07. The van der Waals surface area contributed by atoms with Crippen molar-refractivity contribution in [2.45, 2.75) is 6.92 Å². The van der Waals surface area contributed by atoms with Gasteiger partial charge in [0.2, 0.25) is 0 Å². The number of hydrazone groups is 1. The SMILES string of the molecule is Cc1ccc(C=NNc2ccccc2C(=O)O)cc1[N+](=O)[O-]. The van der Waals surface area contributed by atoms with Gasteiger partial charge in [0.05, 0.1) is 22.4 Å². The van der Waals surface area contributed by atoms with Crippen LogP contribution >= 0.6 is 0 Å². The third kappa shape index (κ3) is 3.45. The number of hydrogen-bond acceptors (Lipinski definition) is 5. The van der Waals surface area contributed by atoms with E-state index >= 15 is 0 Å². The molecule has 0 aliphatic rings. The summed E-state index contributed by atoms with van der Waals surface area (Å²) in [5, 5.41) is 23.8. The number of rotatable bonds is 5. The zero-order valence-corrected chi connectivity index (χ0v) is 11.7. The molecule has 0 bridgehead atoms. The van der Waals surface area contributed by atoms with E-state index in [0.29, 0.717) is 16.8 Å². The third-order valence-electron chi connectivity index (χ3n) is 2.99. The second kappa shape index (κ2) is 6.49. The molecule has 0 heterocycles. The number of nitrogens with one attached hydrogen (secondary N) is 1. The molecule has 2 aromatic carbocycles. The number of carbonyl (C=O) groups is 1. The number of nitro benzene ring substituents is 1. The van der Waals surface area contributed by atoms with Gasteiger partial charge in [0.25, 0.3) is 5.69 Å². The molecule has 7 nitrogen and oxygen atoms in total. The lowest BCUT2D eigenvalue weighted by Gasteiger charge is -2.04. The van der Waals surface area contributed by atoms with Crippen molar-refractivity contribution in [2.24, 2.45) is 5.10 Å². The first-order valence-electron chi connectivity index (χ1n) is 6.35. The summed E-state index contributed by atoms with van der Waals surface area (Å²) < 4.78 is 0. The molecule has 0 aromatic heterocycles. The zero-order chi connectivity index (χ0) is 16.1. The van der Waals surface area contributed by atoms with Crippen LogP contribution in [0.5, 0.6) is 0 Å². The summed E-state index contributed by atoms with van der Waals surface area (Å²) in [4.78, 5) is 21.5. The smallest absolute Gasteiger partial charge is 0.337 e. The Balaban J connectivity index is 2.19. The maximum Gasteiger partial charge on any atom is 0.337 e. The molecule has 2 rings (SSSR count). The molecule has 0 saturated heterocycles. The van der Waals surface area contributed by atoms with Crippen LogP contribution in [0.2, 0.25) is 0 Å². The summed E-state index contributed by atoms with van der Waals surface area (Å²) in [6, 6.07) is 11.1. The lowest BCUT2D eigenvalue weighted by atomic mass is 10.1. The van der Waals surface area contributed by atoms with Crippen LogP contribution < -0.4 is 5.43 Å². The van der Waals surface area contributed by atoms with E-state index in [4.69, 9.17) is 5.11 Å². The molecule has 0 amide bonds.